The van der Waals surface area contributed by atoms with Gasteiger partial charge in [0.15, 0.2) is 0 Å². The minimum absolute atomic E-state index is 0.104. The number of rotatable bonds is 5. The molecule has 0 saturated heterocycles. The average Bonchev–Trinajstić information content (AvgIpc) is 1.92. The van der Waals surface area contributed by atoms with Crippen molar-refractivity contribution < 1.29 is 0 Å². The zero-order valence-electron chi connectivity index (χ0n) is 14.4. The van der Waals surface area contributed by atoms with Crippen LogP contribution in [0.25, 0.3) is 0 Å². The molecule has 18 heavy (non-hydrogen) atoms. The van der Waals surface area contributed by atoms with E-state index in [-0.39, 0.29) is 16.6 Å². The van der Waals surface area contributed by atoms with E-state index in [2.05, 4.69) is 74.3 Å². The molecule has 0 spiro atoms. The Morgan fingerprint density at radius 3 is 1.33 bits per heavy atom. The summed E-state index contributed by atoms with van der Waals surface area (Å²) in [7, 11) is 2.23. The molecular formula is C16H36N2. The topological polar surface area (TPSA) is 29.3 Å². The Labute approximate surface area is 115 Å². The van der Waals surface area contributed by atoms with Crippen LogP contribution in [0.2, 0.25) is 0 Å². The molecule has 0 aliphatic heterocycles. The van der Waals surface area contributed by atoms with E-state index in [1.807, 2.05) is 0 Å². The normalized spacial score (nSPS) is 15.3. The van der Waals surface area contributed by atoms with Crippen molar-refractivity contribution in [3.05, 3.63) is 0 Å². The van der Waals surface area contributed by atoms with Crippen molar-refractivity contribution in [2.45, 2.75) is 91.8 Å². The van der Waals surface area contributed by atoms with Gasteiger partial charge in [-0.15, -0.1) is 0 Å². The van der Waals surface area contributed by atoms with E-state index in [9.17, 15) is 0 Å². The fourth-order valence-corrected chi connectivity index (χ4v) is 3.47. The molecule has 0 saturated carbocycles. The summed E-state index contributed by atoms with van der Waals surface area (Å²) in [4.78, 5) is 2.50. The lowest BCUT2D eigenvalue weighted by Gasteiger charge is -2.50. The Morgan fingerprint density at radius 2 is 1.06 bits per heavy atom. The predicted octanol–water partition coefficient (Wildman–Crippen LogP) is 4.04. The second-order valence-corrected chi connectivity index (χ2v) is 9.09. The van der Waals surface area contributed by atoms with E-state index in [0.29, 0.717) is 5.41 Å². The van der Waals surface area contributed by atoms with Crippen LogP contribution in [0, 0.1) is 5.41 Å². The Bertz CT molecular complexity index is 236. The first-order valence-corrected chi connectivity index (χ1v) is 7.10. The maximum Gasteiger partial charge on any atom is 0.0172 e. The zero-order chi connectivity index (χ0) is 15.0. The minimum atomic E-state index is -0.129. The first-order chi connectivity index (χ1) is 7.57. The van der Waals surface area contributed by atoms with Crippen LogP contribution in [-0.2, 0) is 0 Å². The fraction of sp³-hybridized carbons (Fsp3) is 1.00. The van der Waals surface area contributed by atoms with Gasteiger partial charge < -0.3 is 5.73 Å². The SMILES string of the molecule is CN(C(C)(C)CC(C)(C)C)C(C)(C)CC(C)(C)N. The standard InChI is InChI=1S/C16H36N2/c1-13(2,3)11-15(6,7)18(10)16(8,9)12-14(4,5)17/h11-12,17H2,1-10H3. The van der Waals surface area contributed by atoms with Gasteiger partial charge in [-0.2, -0.15) is 0 Å². The van der Waals surface area contributed by atoms with Crippen molar-refractivity contribution in [2.75, 3.05) is 7.05 Å². The molecule has 0 aliphatic rings. The van der Waals surface area contributed by atoms with Crippen LogP contribution < -0.4 is 5.73 Å². The molecule has 0 aromatic heterocycles. The van der Waals surface area contributed by atoms with Gasteiger partial charge in [0, 0.05) is 16.6 Å². The molecule has 0 aromatic carbocycles. The quantitative estimate of drug-likeness (QED) is 0.804. The molecule has 0 unspecified atom stereocenters. The lowest BCUT2D eigenvalue weighted by Crippen LogP contribution is -2.57. The van der Waals surface area contributed by atoms with Crippen LogP contribution in [0.3, 0.4) is 0 Å². The van der Waals surface area contributed by atoms with E-state index in [4.69, 9.17) is 5.73 Å². The highest BCUT2D eigenvalue weighted by molar-refractivity contribution is 4.96. The summed E-state index contributed by atoms with van der Waals surface area (Å²) in [5.41, 5.74) is 6.69. The highest BCUT2D eigenvalue weighted by Crippen LogP contribution is 2.36. The van der Waals surface area contributed by atoms with E-state index < -0.39 is 0 Å². The first kappa shape index (κ1) is 17.9. The van der Waals surface area contributed by atoms with Crippen LogP contribution in [0.1, 0.15) is 75.2 Å². The van der Waals surface area contributed by atoms with Crippen LogP contribution in [0.15, 0.2) is 0 Å². The number of nitrogens with two attached hydrogens (primary N) is 1. The van der Waals surface area contributed by atoms with E-state index in [1.165, 1.54) is 6.42 Å². The maximum atomic E-state index is 6.20. The van der Waals surface area contributed by atoms with E-state index in [1.54, 1.807) is 0 Å². The molecule has 2 heteroatoms. The molecule has 110 valence electrons. The van der Waals surface area contributed by atoms with Crippen LogP contribution in [0.5, 0.6) is 0 Å². The smallest absolute Gasteiger partial charge is 0.0172 e. The Balaban J connectivity index is 4.96. The van der Waals surface area contributed by atoms with Gasteiger partial charge in [-0.25, -0.2) is 0 Å². The lowest BCUT2D eigenvalue weighted by atomic mass is 9.77. The summed E-state index contributed by atoms with van der Waals surface area (Å²) in [6.07, 6.45) is 2.16. The molecule has 2 N–H and O–H groups in total. The van der Waals surface area contributed by atoms with Crippen molar-refractivity contribution in [3.63, 3.8) is 0 Å². The second-order valence-electron chi connectivity index (χ2n) is 9.09. The van der Waals surface area contributed by atoms with E-state index in [0.717, 1.165) is 6.42 Å². The Hall–Kier alpha value is -0.0800. The Kier molecular flexibility index (Phi) is 5.10. The van der Waals surface area contributed by atoms with Gasteiger partial charge in [-0.1, -0.05) is 20.8 Å². The summed E-state index contributed by atoms with van der Waals surface area (Å²) in [5, 5.41) is 0. The van der Waals surface area contributed by atoms with Gasteiger partial charge in [-0.3, -0.25) is 4.90 Å². The van der Waals surface area contributed by atoms with Gasteiger partial charge in [0.1, 0.15) is 0 Å². The van der Waals surface area contributed by atoms with Crippen molar-refractivity contribution in [2.24, 2.45) is 11.1 Å². The third kappa shape index (κ3) is 6.19. The molecule has 0 bridgehead atoms. The first-order valence-electron chi connectivity index (χ1n) is 7.10. The van der Waals surface area contributed by atoms with Crippen molar-refractivity contribution in [3.8, 4) is 0 Å². The molecule has 0 aromatic rings. The van der Waals surface area contributed by atoms with Crippen molar-refractivity contribution >= 4 is 0 Å². The predicted molar refractivity (Wildman–Crippen MR) is 82.9 cm³/mol. The van der Waals surface area contributed by atoms with Crippen LogP contribution in [0.4, 0.5) is 0 Å². The van der Waals surface area contributed by atoms with E-state index >= 15 is 0 Å². The molecule has 0 amide bonds. The minimum Gasteiger partial charge on any atom is -0.325 e. The molecular weight excluding hydrogens is 220 g/mol. The third-order valence-corrected chi connectivity index (χ3v) is 3.67. The maximum absolute atomic E-state index is 6.20. The summed E-state index contributed by atoms with van der Waals surface area (Å²) in [6, 6.07) is 0. The lowest BCUT2D eigenvalue weighted by molar-refractivity contribution is 0.00464. The number of nitrogens with zero attached hydrogens (tertiary/aromatic N) is 1. The fourth-order valence-electron chi connectivity index (χ4n) is 3.47. The summed E-state index contributed by atoms with van der Waals surface area (Å²) in [6.45, 7) is 20.4. The largest absolute Gasteiger partial charge is 0.325 e. The molecule has 0 rings (SSSR count). The molecule has 0 fully saturated rings. The van der Waals surface area contributed by atoms with Crippen LogP contribution in [-0.4, -0.2) is 28.6 Å². The van der Waals surface area contributed by atoms with Crippen molar-refractivity contribution in [1.29, 1.82) is 0 Å². The Morgan fingerprint density at radius 1 is 0.722 bits per heavy atom. The molecule has 0 radical (unpaired) electrons. The van der Waals surface area contributed by atoms with Gasteiger partial charge >= 0.3 is 0 Å². The summed E-state index contributed by atoms with van der Waals surface area (Å²) < 4.78 is 0. The zero-order valence-corrected chi connectivity index (χ0v) is 14.4. The highest BCUT2D eigenvalue weighted by atomic mass is 15.2. The molecule has 0 aliphatic carbocycles. The second kappa shape index (κ2) is 5.13. The summed E-state index contributed by atoms with van der Waals surface area (Å²) in [5.74, 6) is 0. The van der Waals surface area contributed by atoms with Gasteiger partial charge in [-0.05, 0) is 66.8 Å². The average molecular weight is 256 g/mol. The molecule has 0 atom stereocenters. The van der Waals surface area contributed by atoms with Crippen molar-refractivity contribution in [1.82, 2.24) is 4.90 Å². The number of hydrogen-bond donors (Lipinski definition) is 1. The molecule has 0 heterocycles. The highest BCUT2D eigenvalue weighted by Gasteiger charge is 2.39. The monoisotopic (exact) mass is 256 g/mol. The molecule has 2 nitrogen and oxygen atoms in total. The van der Waals surface area contributed by atoms with Crippen LogP contribution >= 0.6 is 0 Å². The van der Waals surface area contributed by atoms with Gasteiger partial charge in [0.25, 0.3) is 0 Å². The van der Waals surface area contributed by atoms with Gasteiger partial charge in [0.05, 0.1) is 0 Å². The van der Waals surface area contributed by atoms with Gasteiger partial charge in [0.2, 0.25) is 0 Å². The summed E-state index contributed by atoms with van der Waals surface area (Å²) >= 11 is 0. The number of hydrogen-bond acceptors (Lipinski definition) is 2. The third-order valence-electron chi connectivity index (χ3n) is 3.67.